The summed E-state index contributed by atoms with van der Waals surface area (Å²) in [5.41, 5.74) is 1.29. The van der Waals surface area contributed by atoms with Crippen LogP contribution in [0.4, 0.5) is 0 Å². The van der Waals surface area contributed by atoms with Crippen LogP contribution in [0.15, 0.2) is 97.3 Å². The average Bonchev–Trinajstić information content (AvgIpc) is 3.39. The van der Waals surface area contributed by atoms with Gasteiger partial charge in [-0.2, -0.15) is 0 Å². The van der Waals surface area contributed by atoms with Gasteiger partial charge >= 0.3 is 0 Å². The van der Waals surface area contributed by atoms with Crippen molar-refractivity contribution in [1.29, 1.82) is 0 Å². The molecule has 0 spiro atoms. The predicted octanol–water partition coefficient (Wildman–Crippen LogP) is 8.75. The first-order chi connectivity index (χ1) is 18.5. The summed E-state index contributed by atoms with van der Waals surface area (Å²) in [6.07, 6.45) is 3.57. The Kier molecular flexibility index (Phi) is 8.88. The minimum atomic E-state index is -0.468. The fourth-order valence-electron chi connectivity index (χ4n) is 4.31. The monoisotopic (exact) mass is 586 g/mol. The van der Waals surface area contributed by atoms with E-state index in [9.17, 15) is 0 Å². The first kappa shape index (κ1) is 27.0. The van der Waals surface area contributed by atoms with E-state index in [1.54, 1.807) is 12.1 Å². The van der Waals surface area contributed by atoms with Crippen LogP contribution in [-0.4, -0.2) is 35.1 Å². The molecule has 0 radical (unpaired) electrons. The van der Waals surface area contributed by atoms with Gasteiger partial charge < -0.3 is 19.3 Å². The fraction of sp³-hybridized carbons (Fsp3) is 0.200. The summed E-state index contributed by atoms with van der Waals surface area (Å²) < 4.78 is 12.4. The van der Waals surface area contributed by atoms with Crippen molar-refractivity contribution in [2.45, 2.75) is 18.2 Å². The standard InChI is InChI=1S/C30H26Cl4N2O2/c31-25-9-5-22(6-10-25)29(38-19-24-7-11-26(32)18-28(24)33)30(34)36-14-13-35(20-36)15-16-37-27-12-8-21-3-1-2-4-23(21)17-27/h1-14,17-18,29-30H,15-16,19-20H2. The van der Waals surface area contributed by atoms with Crippen molar-refractivity contribution in [3.8, 4) is 5.75 Å². The third-order valence-electron chi connectivity index (χ3n) is 6.38. The van der Waals surface area contributed by atoms with Crippen LogP contribution >= 0.6 is 46.4 Å². The van der Waals surface area contributed by atoms with Crippen molar-refractivity contribution in [3.05, 3.63) is 124 Å². The lowest BCUT2D eigenvalue weighted by Gasteiger charge is -2.31. The van der Waals surface area contributed by atoms with E-state index in [4.69, 9.17) is 55.9 Å². The van der Waals surface area contributed by atoms with Crippen LogP contribution < -0.4 is 4.74 Å². The highest BCUT2D eigenvalue weighted by molar-refractivity contribution is 6.35. The van der Waals surface area contributed by atoms with Gasteiger partial charge in [-0.15, -0.1) is 0 Å². The molecular weight excluding hydrogens is 562 g/mol. The molecule has 1 aliphatic heterocycles. The Bertz CT molecular complexity index is 1410. The van der Waals surface area contributed by atoms with Gasteiger partial charge in [0.25, 0.3) is 0 Å². The molecule has 0 aromatic heterocycles. The molecule has 0 fully saturated rings. The SMILES string of the molecule is Clc1ccc(C(OCc2ccc(Cl)cc2Cl)C(Cl)N2C=CN(CCOc3ccc4ccccc4c3)C2)cc1. The Morgan fingerprint density at radius 2 is 1.55 bits per heavy atom. The number of alkyl halides is 1. The summed E-state index contributed by atoms with van der Waals surface area (Å²) in [6.45, 7) is 2.17. The van der Waals surface area contributed by atoms with Crippen LogP contribution in [0.1, 0.15) is 17.2 Å². The Morgan fingerprint density at radius 1 is 0.789 bits per heavy atom. The van der Waals surface area contributed by atoms with E-state index >= 15 is 0 Å². The molecule has 0 bridgehead atoms. The molecule has 0 saturated heterocycles. The molecule has 4 aromatic carbocycles. The zero-order chi connectivity index (χ0) is 26.5. The van der Waals surface area contributed by atoms with Crippen LogP contribution in [0.2, 0.25) is 15.1 Å². The van der Waals surface area contributed by atoms with E-state index in [1.807, 2.05) is 65.8 Å². The van der Waals surface area contributed by atoms with Gasteiger partial charge in [-0.1, -0.05) is 94.9 Å². The van der Waals surface area contributed by atoms with Crippen LogP contribution in [0.3, 0.4) is 0 Å². The van der Waals surface area contributed by atoms with Crippen LogP contribution in [-0.2, 0) is 11.3 Å². The number of ether oxygens (including phenoxy) is 2. The van der Waals surface area contributed by atoms with Crippen molar-refractivity contribution in [1.82, 2.24) is 9.80 Å². The van der Waals surface area contributed by atoms with Gasteiger partial charge in [0.1, 0.15) is 24.0 Å². The lowest BCUT2D eigenvalue weighted by molar-refractivity contribution is 0.00651. The normalized spacial score (nSPS) is 14.7. The highest BCUT2D eigenvalue weighted by atomic mass is 35.5. The van der Waals surface area contributed by atoms with Gasteiger partial charge in [-0.25, -0.2) is 0 Å². The molecule has 1 aliphatic rings. The molecule has 38 heavy (non-hydrogen) atoms. The maximum absolute atomic E-state index is 7.01. The molecule has 0 N–H and O–H groups in total. The van der Waals surface area contributed by atoms with Crippen molar-refractivity contribution in [3.63, 3.8) is 0 Å². The minimum Gasteiger partial charge on any atom is -0.492 e. The largest absolute Gasteiger partial charge is 0.492 e. The summed E-state index contributed by atoms with van der Waals surface area (Å²) in [5, 5.41) is 4.14. The minimum absolute atomic E-state index is 0.285. The maximum atomic E-state index is 7.01. The van der Waals surface area contributed by atoms with E-state index in [0.717, 1.165) is 28.8 Å². The number of halogens is 4. The smallest absolute Gasteiger partial charge is 0.135 e. The number of benzene rings is 4. The zero-order valence-electron chi connectivity index (χ0n) is 20.4. The van der Waals surface area contributed by atoms with Crippen molar-refractivity contribution < 1.29 is 9.47 Å². The molecule has 5 rings (SSSR count). The number of hydrogen-bond donors (Lipinski definition) is 0. The second-order valence-electron chi connectivity index (χ2n) is 9.02. The zero-order valence-corrected chi connectivity index (χ0v) is 23.5. The van der Waals surface area contributed by atoms with E-state index < -0.39 is 11.6 Å². The number of rotatable bonds is 10. The third-order valence-corrected chi connectivity index (χ3v) is 7.70. The summed E-state index contributed by atoms with van der Waals surface area (Å²) in [6, 6.07) is 27.3. The van der Waals surface area contributed by atoms with Gasteiger partial charge in [0.2, 0.25) is 0 Å². The highest BCUT2D eigenvalue weighted by Gasteiger charge is 2.29. The molecule has 0 saturated carbocycles. The van der Waals surface area contributed by atoms with Crippen LogP contribution in [0, 0.1) is 0 Å². The van der Waals surface area contributed by atoms with E-state index in [0.29, 0.717) is 28.3 Å². The Morgan fingerprint density at radius 3 is 2.34 bits per heavy atom. The lowest BCUT2D eigenvalue weighted by atomic mass is 10.1. The summed E-state index contributed by atoms with van der Waals surface area (Å²) in [5.74, 6) is 0.857. The van der Waals surface area contributed by atoms with Gasteiger partial charge in [0, 0.05) is 27.5 Å². The van der Waals surface area contributed by atoms with E-state index in [-0.39, 0.29) is 6.61 Å². The average molecular weight is 588 g/mol. The first-order valence-electron chi connectivity index (χ1n) is 12.2. The second kappa shape index (κ2) is 12.5. The molecule has 196 valence electrons. The second-order valence-corrected chi connectivity index (χ2v) is 10.7. The van der Waals surface area contributed by atoms with Crippen LogP contribution in [0.25, 0.3) is 10.8 Å². The molecule has 2 unspecified atom stereocenters. The summed E-state index contributed by atoms with van der Waals surface area (Å²) >= 11 is 25.6. The van der Waals surface area contributed by atoms with Crippen molar-refractivity contribution in [2.75, 3.05) is 19.8 Å². The van der Waals surface area contributed by atoms with Gasteiger partial charge in [0.05, 0.1) is 19.8 Å². The summed E-state index contributed by atoms with van der Waals surface area (Å²) in [4.78, 5) is 4.20. The van der Waals surface area contributed by atoms with E-state index in [1.165, 1.54) is 5.39 Å². The van der Waals surface area contributed by atoms with Gasteiger partial charge in [-0.3, -0.25) is 0 Å². The van der Waals surface area contributed by atoms with E-state index in [2.05, 4.69) is 29.2 Å². The Labute approximate surface area is 242 Å². The quantitative estimate of drug-likeness (QED) is 0.137. The van der Waals surface area contributed by atoms with Gasteiger partial charge in [0.15, 0.2) is 0 Å². The van der Waals surface area contributed by atoms with Crippen LogP contribution in [0.5, 0.6) is 5.75 Å². The molecule has 8 heteroatoms. The molecular formula is C30H26Cl4N2O2. The topological polar surface area (TPSA) is 24.9 Å². The predicted molar refractivity (Wildman–Crippen MR) is 157 cm³/mol. The number of nitrogens with zero attached hydrogens (tertiary/aromatic N) is 2. The first-order valence-corrected chi connectivity index (χ1v) is 13.8. The molecule has 4 nitrogen and oxygen atoms in total. The van der Waals surface area contributed by atoms with Crippen molar-refractivity contribution >= 4 is 57.2 Å². The molecule has 4 aromatic rings. The highest BCUT2D eigenvalue weighted by Crippen LogP contribution is 2.33. The summed E-state index contributed by atoms with van der Waals surface area (Å²) in [7, 11) is 0. The maximum Gasteiger partial charge on any atom is 0.135 e. The molecule has 1 heterocycles. The molecule has 2 atom stereocenters. The number of hydrogen-bond acceptors (Lipinski definition) is 4. The Balaban J connectivity index is 1.20. The fourth-order valence-corrected chi connectivity index (χ4v) is 5.24. The molecule has 0 amide bonds. The van der Waals surface area contributed by atoms with Crippen molar-refractivity contribution in [2.24, 2.45) is 0 Å². The van der Waals surface area contributed by atoms with Gasteiger partial charge in [-0.05, 0) is 58.3 Å². The lowest BCUT2D eigenvalue weighted by Crippen LogP contribution is -2.36. The third kappa shape index (κ3) is 6.69. The number of fused-ring (bicyclic) bond motifs is 1. The molecule has 0 aliphatic carbocycles. The Hall–Kier alpha value is -2.60.